The van der Waals surface area contributed by atoms with Crippen molar-refractivity contribution in [3.8, 4) is 6.07 Å². The lowest BCUT2D eigenvalue weighted by molar-refractivity contribution is 0.0252. The van der Waals surface area contributed by atoms with Crippen molar-refractivity contribution in [2.24, 2.45) is 0 Å². The van der Waals surface area contributed by atoms with Crippen LogP contribution in [0.2, 0.25) is 0 Å². The average Bonchev–Trinajstić information content (AvgIpc) is 3.31. The summed E-state index contributed by atoms with van der Waals surface area (Å²) in [6, 6.07) is 18.3. The Kier molecular flexibility index (Phi) is 4.97. The molecule has 1 aromatic heterocycles. The maximum Gasteiger partial charge on any atom is 0.157 e. The van der Waals surface area contributed by atoms with Gasteiger partial charge in [-0.05, 0) is 24.1 Å². The molecule has 136 valence electrons. The standard InChI is InChI=1S/C21H21N5O/c1-16-5-4-6-17(11-16)13-25-9-10-27-21(25)20-15-26(24-23-20)14-19-8-3-2-7-18(19)12-22/h2-8,11,15,21H,9-10,13-14H2,1H3/t21-/m1/s1. The lowest BCUT2D eigenvalue weighted by Gasteiger charge is -2.21. The van der Waals surface area contributed by atoms with Gasteiger partial charge in [0.2, 0.25) is 0 Å². The summed E-state index contributed by atoms with van der Waals surface area (Å²) in [4.78, 5) is 2.27. The molecule has 0 saturated carbocycles. The fourth-order valence-electron chi connectivity index (χ4n) is 3.43. The first kappa shape index (κ1) is 17.4. The van der Waals surface area contributed by atoms with Gasteiger partial charge in [0.15, 0.2) is 6.23 Å². The van der Waals surface area contributed by atoms with Crippen molar-refractivity contribution in [1.82, 2.24) is 19.9 Å². The van der Waals surface area contributed by atoms with Crippen molar-refractivity contribution in [3.63, 3.8) is 0 Å². The highest BCUT2D eigenvalue weighted by Gasteiger charge is 2.29. The first-order chi connectivity index (χ1) is 13.2. The molecule has 2 aromatic carbocycles. The molecule has 0 N–H and O–H groups in total. The van der Waals surface area contributed by atoms with Crippen LogP contribution in [-0.2, 0) is 17.8 Å². The number of benzene rings is 2. The Bertz CT molecular complexity index is 974. The summed E-state index contributed by atoms with van der Waals surface area (Å²) in [5.74, 6) is 0. The summed E-state index contributed by atoms with van der Waals surface area (Å²) in [6.07, 6.45) is 1.72. The average molecular weight is 359 g/mol. The zero-order valence-corrected chi connectivity index (χ0v) is 15.2. The molecule has 1 atom stereocenters. The van der Waals surface area contributed by atoms with Crippen LogP contribution >= 0.6 is 0 Å². The number of nitrogens with zero attached hydrogens (tertiary/aromatic N) is 5. The smallest absolute Gasteiger partial charge is 0.157 e. The Morgan fingerprint density at radius 2 is 2.07 bits per heavy atom. The third-order valence-corrected chi connectivity index (χ3v) is 4.73. The third-order valence-electron chi connectivity index (χ3n) is 4.73. The van der Waals surface area contributed by atoms with Gasteiger partial charge >= 0.3 is 0 Å². The second-order valence-corrected chi connectivity index (χ2v) is 6.79. The zero-order chi connectivity index (χ0) is 18.6. The molecule has 0 aliphatic carbocycles. The number of hydrogen-bond acceptors (Lipinski definition) is 5. The third kappa shape index (κ3) is 3.90. The van der Waals surface area contributed by atoms with Gasteiger partial charge in [0.25, 0.3) is 0 Å². The lowest BCUT2D eigenvalue weighted by atomic mass is 10.1. The minimum absolute atomic E-state index is 0.189. The highest BCUT2D eigenvalue weighted by molar-refractivity contribution is 5.37. The monoisotopic (exact) mass is 359 g/mol. The van der Waals surface area contributed by atoms with E-state index in [-0.39, 0.29) is 6.23 Å². The summed E-state index contributed by atoms with van der Waals surface area (Å²) >= 11 is 0. The molecule has 1 aliphatic rings. The van der Waals surface area contributed by atoms with Gasteiger partial charge in [0.1, 0.15) is 5.69 Å². The predicted molar refractivity (Wildman–Crippen MR) is 101 cm³/mol. The zero-order valence-electron chi connectivity index (χ0n) is 15.2. The van der Waals surface area contributed by atoms with Gasteiger partial charge in [-0.3, -0.25) is 4.90 Å². The highest BCUT2D eigenvalue weighted by Crippen LogP contribution is 2.27. The molecular formula is C21H21N5O. The highest BCUT2D eigenvalue weighted by atomic mass is 16.5. The van der Waals surface area contributed by atoms with E-state index in [2.05, 4.69) is 52.5 Å². The van der Waals surface area contributed by atoms with Gasteiger partial charge in [0.05, 0.1) is 31.0 Å². The molecule has 4 rings (SSSR count). The molecule has 6 nitrogen and oxygen atoms in total. The number of rotatable bonds is 5. The van der Waals surface area contributed by atoms with Crippen LogP contribution in [0.5, 0.6) is 0 Å². The second-order valence-electron chi connectivity index (χ2n) is 6.79. The molecule has 1 saturated heterocycles. The van der Waals surface area contributed by atoms with Gasteiger partial charge in [-0.15, -0.1) is 5.10 Å². The predicted octanol–water partition coefficient (Wildman–Crippen LogP) is 3.04. The van der Waals surface area contributed by atoms with Gasteiger partial charge < -0.3 is 4.74 Å². The Balaban J connectivity index is 1.49. The molecule has 2 heterocycles. The van der Waals surface area contributed by atoms with Crippen molar-refractivity contribution in [2.75, 3.05) is 13.2 Å². The van der Waals surface area contributed by atoms with Crippen LogP contribution in [-0.4, -0.2) is 33.0 Å². The number of nitriles is 1. The molecule has 0 spiro atoms. The number of aryl methyl sites for hydroxylation is 1. The maximum absolute atomic E-state index is 9.25. The van der Waals surface area contributed by atoms with Gasteiger partial charge in [0, 0.05) is 13.1 Å². The van der Waals surface area contributed by atoms with Crippen LogP contribution < -0.4 is 0 Å². The number of ether oxygens (including phenoxy) is 1. The SMILES string of the molecule is Cc1cccc(CN2CCO[C@@H]2c2cn(Cc3ccccc3C#N)nn2)c1. The minimum atomic E-state index is -0.189. The van der Waals surface area contributed by atoms with E-state index in [1.54, 1.807) is 4.68 Å². The van der Waals surface area contributed by atoms with Crippen molar-refractivity contribution < 1.29 is 4.74 Å². The quantitative estimate of drug-likeness (QED) is 0.700. The Labute approximate surface area is 158 Å². The molecule has 1 aliphatic heterocycles. The van der Waals surface area contributed by atoms with Crippen LogP contribution in [0.3, 0.4) is 0 Å². The van der Waals surface area contributed by atoms with E-state index < -0.39 is 0 Å². The van der Waals surface area contributed by atoms with E-state index >= 15 is 0 Å². The molecule has 0 radical (unpaired) electrons. The fraction of sp³-hybridized carbons (Fsp3) is 0.286. The second kappa shape index (κ2) is 7.70. The molecule has 0 bridgehead atoms. The van der Waals surface area contributed by atoms with Crippen LogP contribution in [0.15, 0.2) is 54.7 Å². The first-order valence-corrected chi connectivity index (χ1v) is 9.02. The van der Waals surface area contributed by atoms with E-state index in [0.29, 0.717) is 18.7 Å². The Hall–Kier alpha value is -3.01. The summed E-state index contributed by atoms with van der Waals surface area (Å²) in [7, 11) is 0. The fourth-order valence-corrected chi connectivity index (χ4v) is 3.43. The Morgan fingerprint density at radius 3 is 2.93 bits per heavy atom. The van der Waals surface area contributed by atoms with Crippen molar-refractivity contribution >= 4 is 0 Å². The largest absolute Gasteiger partial charge is 0.356 e. The van der Waals surface area contributed by atoms with Crippen molar-refractivity contribution in [1.29, 1.82) is 5.26 Å². The summed E-state index contributed by atoms with van der Waals surface area (Å²) in [6.45, 7) is 4.98. The summed E-state index contributed by atoms with van der Waals surface area (Å²) in [5.41, 5.74) is 4.91. The molecule has 6 heteroatoms. The molecular weight excluding hydrogens is 338 g/mol. The van der Waals surface area contributed by atoms with Crippen molar-refractivity contribution in [2.45, 2.75) is 26.2 Å². The molecule has 0 unspecified atom stereocenters. The number of aromatic nitrogens is 3. The van der Waals surface area contributed by atoms with E-state index in [1.165, 1.54) is 11.1 Å². The van der Waals surface area contributed by atoms with Gasteiger partial charge in [-0.25, -0.2) is 4.68 Å². The topological polar surface area (TPSA) is 67.0 Å². The summed E-state index contributed by atoms with van der Waals surface area (Å²) < 4.78 is 7.68. The lowest BCUT2D eigenvalue weighted by Crippen LogP contribution is -2.23. The van der Waals surface area contributed by atoms with Crippen LogP contribution in [0.1, 0.15) is 34.2 Å². The molecule has 3 aromatic rings. The first-order valence-electron chi connectivity index (χ1n) is 9.02. The van der Waals surface area contributed by atoms with E-state index in [4.69, 9.17) is 4.74 Å². The van der Waals surface area contributed by atoms with E-state index in [1.807, 2.05) is 30.5 Å². The number of hydrogen-bond donors (Lipinski definition) is 0. The normalized spacial score (nSPS) is 17.1. The van der Waals surface area contributed by atoms with Crippen molar-refractivity contribution in [3.05, 3.63) is 82.7 Å². The van der Waals surface area contributed by atoms with Gasteiger partial charge in [-0.2, -0.15) is 5.26 Å². The van der Waals surface area contributed by atoms with E-state index in [0.717, 1.165) is 24.3 Å². The minimum Gasteiger partial charge on any atom is -0.356 e. The molecule has 1 fully saturated rings. The molecule has 27 heavy (non-hydrogen) atoms. The maximum atomic E-state index is 9.25. The van der Waals surface area contributed by atoms with E-state index in [9.17, 15) is 5.26 Å². The van der Waals surface area contributed by atoms with Crippen LogP contribution in [0.4, 0.5) is 0 Å². The van der Waals surface area contributed by atoms with Crippen LogP contribution in [0.25, 0.3) is 0 Å². The molecule has 0 amide bonds. The summed E-state index contributed by atoms with van der Waals surface area (Å²) in [5, 5.41) is 17.8. The van der Waals surface area contributed by atoms with Gasteiger partial charge in [-0.1, -0.05) is 53.2 Å². The van der Waals surface area contributed by atoms with Crippen LogP contribution in [0, 0.1) is 18.3 Å². The Morgan fingerprint density at radius 1 is 1.19 bits per heavy atom.